The number of carbonyl (C=O) groups excluding carboxylic acids is 1. The molecule has 7 nitrogen and oxygen atoms in total. The number of fused-ring (bicyclic) bond motifs is 1. The molecule has 1 saturated carbocycles. The predicted molar refractivity (Wildman–Crippen MR) is 84.8 cm³/mol. The van der Waals surface area contributed by atoms with E-state index in [1.54, 1.807) is 11.0 Å². The van der Waals surface area contributed by atoms with Crippen LogP contribution in [0.3, 0.4) is 0 Å². The number of benzene rings is 1. The minimum atomic E-state index is -0.569. The first kappa shape index (κ1) is 16.5. The van der Waals surface area contributed by atoms with Crippen molar-refractivity contribution in [3.05, 3.63) is 33.9 Å². The summed E-state index contributed by atoms with van der Waals surface area (Å²) < 4.78 is 0. The van der Waals surface area contributed by atoms with Crippen molar-refractivity contribution in [1.82, 2.24) is 4.90 Å². The third-order valence-electron chi connectivity index (χ3n) is 4.67. The van der Waals surface area contributed by atoms with E-state index in [2.05, 4.69) is 0 Å². The van der Waals surface area contributed by atoms with Gasteiger partial charge in [-0.2, -0.15) is 0 Å². The molecule has 8 heteroatoms. The lowest BCUT2D eigenvalue weighted by atomic mass is 9.98. The van der Waals surface area contributed by atoms with Crippen LogP contribution >= 0.6 is 12.4 Å². The number of nitrogens with zero attached hydrogens (tertiary/aromatic N) is 2. The zero-order valence-electron chi connectivity index (χ0n) is 12.0. The minimum absolute atomic E-state index is 0. The smallest absolute Gasteiger partial charge is 0.292 e. The van der Waals surface area contributed by atoms with E-state index in [0.29, 0.717) is 30.5 Å². The fourth-order valence-corrected chi connectivity index (χ4v) is 3.49. The van der Waals surface area contributed by atoms with E-state index in [1.807, 2.05) is 0 Å². The third kappa shape index (κ3) is 2.74. The average molecular weight is 327 g/mol. The summed E-state index contributed by atoms with van der Waals surface area (Å²) in [6, 6.07) is 4.37. The van der Waals surface area contributed by atoms with Crippen molar-refractivity contribution in [3.63, 3.8) is 0 Å². The van der Waals surface area contributed by atoms with Crippen LogP contribution < -0.4 is 11.5 Å². The zero-order chi connectivity index (χ0) is 15.1. The Kier molecular flexibility index (Phi) is 4.58. The van der Waals surface area contributed by atoms with Gasteiger partial charge in [0.25, 0.3) is 11.6 Å². The molecule has 2 fully saturated rings. The largest absolute Gasteiger partial charge is 0.393 e. The van der Waals surface area contributed by atoms with E-state index in [1.165, 1.54) is 12.1 Å². The quantitative estimate of drug-likeness (QED) is 0.484. The minimum Gasteiger partial charge on any atom is -0.393 e. The van der Waals surface area contributed by atoms with Gasteiger partial charge in [-0.15, -0.1) is 12.4 Å². The number of nitro benzene ring substituents is 1. The highest BCUT2D eigenvalue weighted by Gasteiger charge is 2.42. The highest BCUT2D eigenvalue weighted by Crippen LogP contribution is 2.37. The SMILES string of the molecule is Cl.Nc1ccc(C(=O)N2CC3CCC(N)C3C2)cc1[N+](=O)[O-]. The lowest BCUT2D eigenvalue weighted by Crippen LogP contribution is -2.33. The first-order valence-electron chi connectivity index (χ1n) is 7.06. The number of hydrogen-bond donors (Lipinski definition) is 2. The molecular formula is C14H19ClN4O3. The number of likely N-dealkylation sites (tertiary alicyclic amines) is 1. The maximum Gasteiger partial charge on any atom is 0.292 e. The Morgan fingerprint density at radius 1 is 1.32 bits per heavy atom. The second-order valence-electron chi connectivity index (χ2n) is 5.91. The maximum atomic E-state index is 12.5. The summed E-state index contributed by atoms with van der Waals surface area (Å²) in [6.07, 6.45) is 2.07. The van der Waals surface area contributed by atoms with Crippen LogP contribution in [-0.2, 0) is 0 Å². The summed E-state index contributed by atoms with van der Waals surface area (Å²) in [6.45, 7) is 1.33. The van der Waals surface area contributed by atoms with Gasteiger partial charge in [-0.1, -0.05) is 0 Å². The first-order chi connectivity index (χ1) is 9.97. The second-order valence-corrected chi connectivity index (χ2v) is 5.91. The van der Waals surface area contributed by atoms with E-state index in [0.717, 1.165) is 12.8 Å². The van der Waals surface area contributed by atoms with Crippen LogP contribution in [0.25, 0.3) is 0 Å². The van der Waals surface area contributed by atoms with Crippen LogP contribution in [0, 0.1) is 22.0 Å². The van der Waals surface area contributed by atoms with Crippen molar-refractivity contribution in [2.45, 2.75) is 18.9 Å². The Bertz CT molecular complexity index is 610. The van der Waals surface area contributed by atoms with Gasteiger partial charge in [0.2, 0.25) is 0 Å². The van der Waals surface area contributed by atoms with Crippen molar-refractivity contribution in [3.8, 4) is 0 Å². The molecule has 0 bridgehead atoms. The van der Waals surface area contributed by atoms with Gasteiger partial charge in [0.05, 0.1) is 4.92 Å². The molecule has 1 aromatic rings. The molecule has 4 N–H and O–H groups in total. The molecule has 2 aliphatic rings. The van der Waals surface area contributed by atoms with Crippen LogP contribution in [-0.4, -0.2) is 34.9 Å². The fraction of sp³-hybridized carbons (Fsp3) is 0.500. The van der Waals surface area contributed by atoms with Crippen LogP contribution in [0.4, 0.5) is 11.4 Å². The Labute approximate surface area is 134 Å². The Morgan fingerprint density at radius 2 is 2.05 bits per heavy atom. The lowest BCUT2D eigenvalue weighted by Gasteiger charge is -2.18. The predicted octanol–water partition coefficient (Wildman–Crippen LogP) is 1.41. The monoisotopic (exact) mass is 326 g/mol. The van der Waals surface area contributed by atoms with Crippen LogP contribution in [0.1, 0.15) is 23.2 Å². The molecule has 1 saturated heterocycles. The van der Waals surface area contributed by atoms with E-state index >= 15 is 0 Å². The van der Waals surface area contributed by atoms with Crippen molar-refractivity contribution >= 4 is 29.7 Å². The molecule has 3 rings (SSSR count). The zero-order valence-corrected chi connectivity index (χ0v) is 12.8. The van der Waals surface area contributed by atoms with E-state index in [9.17, 15) is 14.9 Å². The molecule has 1 amide bonds. The Morgan fingerprint density at radius 3 is 2.68 bits per heavy atom. The van der Waals surface area contributed by atoms with Crippen molar-refractivity contribution < 1.29 is 9.72 Å². The molecule has 0 spiro atoms. The maximum absolute atomic E-state index is 12.5. The molecule has 0 radical (unpaired) electrons. The number of anilines is 1. The molecular weight excluding hydrogens is 308 g/mol. The summed E-state index contributed by atoms with van der Waals surface area (Å²) in [5.41, 5.74) is 11.8. The van der Waals surface area contributed by atoms with Crippen molar-refractivity contribution in [2.24, 2.45) is 17.6 Å². The number of nitrogen functional groups attached to an aromatic ring is 1. The van der Waals surface area contributed by atoms with Gasteiger partial charge in [-0.05, 0) is 36.8 Å². The van der Waals surface area contributed by atoms with Gasteiger partial charge in [0, 0.05) is 30.8 Å². The Hall–Kier alpha value is -1.86. The molecule has 1 aromatic carbocycles. The summed E-state index contributed by atoms with van der Waals surface area (Å²) >= 11 is 0. The third-order valence-corrected chi connectivity index (χ3v) is 4.67. The van der Waals surface area contributed by atoms with Crippen LogP contribution in [0.5, 0.6) is 0 Å². The van der Waals surface area contributed by atoms with E-state index in [4.69, 9.17) is 11.5 Å². The van der Waals surface area contributed by atoms with Gasteiger partial charge in [-0.25, -0.2) is 0 Å². The highest BCUT2D eigenvalue weighted by atomic mass is 35.5. The molecule has 1 aliphatic heterocycles. The number of halogens is 1. The molecule has 3 atom stereocenters. The number of nitrogens with two attached hydrogens (primary N) is 2. The molecule has 1 aliphatic carbocycles. The summed E-state index contributed by atoms with van der Waals surface area (Å²) in [4.78, 5) is 24.6. The van der Waals surface area contributed by atoms with E-state index in [-0.39, 0.29) is 35.7 Å². The van der Waals surface area contributed by atoms with Crippen molar-refractivity contribution in [1.29, 1.82) is 0 Å². The molecule has 0 aromatic heterocycles. The van der Waals surface area contributed by atoms with Crippen LogP contribution in [0.2, 0.25) is 0 Å². The summed E-state index contributed by atoms with van der Waals surface area (Å²) in [5.74, 6) is 0.644. The fourth-order valence-electron chi connectivity index (χ4n) is 3.49. The standard InChI is InChI=1S/C14H18N4O3.ClH/c15-11-3-2-9-6-17(7-10(9)11)14(19)8-1-4-12(16)13(5-8)18(20)21;/h1,4-5,9-11H,2-3,6-7,15-16H2;1H. The summed E-state index contributed by atoms with van der Waals surface area (Å²) in [5, 5.41) is 10.9. The molecule has 22 heavy (non-hydrogen) atoms. The average Bonchev–Trinajstić information content (AvgIpc) is 3.01. The first-order valence-corrected chi connectivity index (χ1v) is 7.06. The highest BCUT2D eigenvalue weighted by molar-refractivity contribution is 5.95. The number of amides is 1. The van der Waals surface area contributed by atoms with Gasteiger partial charge in [0.1, 0.15) is 5.69 Å². The lowest BCUT2D eigenvalue weighted by molar-refractivity contribution is -0.383. The number of carbonyl (C=O) groups is 1. The number of hydrogen-bond acceptors (Lipinski definition) is 5. The topological polar surface area (TPSA) is 115 Å². The van der Waals surface area contributed by atoms with Gasteiger partial charge >= 0.3 is 0 Å². The number of rotatable bonds is 2. The normalized spacial score (nSPS) is 26.4. The van der Waals surface area contributed by atoms with Gasteiger partial charge in [-0.3, -0.25) is 14.9 Å². The Balaban J connectivity index is 0.00000176. The molecule has 120 valence electrons. The molecule has 1 heterocycles. The second kappa shape index (κ2) is 6.10. The summed E-state index contributed by atoms with van der Waals surface area (Å²) in [7, 11) is 0. The molecule has 3 unspecified atom stereocenters. The van der Waals surface area contributed by atoms with Crippen LogP contribution in [0.15, 0.2) is 18.2 Å². The van der Waals surface area contributed by atoms with E-state index < -0.39 is 4.92 Å². The van der Waals surface area contributed by atoms with Gasteiger partial charge in [0.15, 0.2) is 0 Å². The number of nitro groups is 1. The van der Waals surface area contributed by atoms with Crippen molar-refractivity contribution in [2.75, 3.05) is 18.8 Å². The van der Waals surface area contributed by atoms with Gasteiger partial charge < -0.3 is 16.4 Å².